The standard InChI is InChI=1S/C16H33N3O/c1-15(2,3)18-11-10-17-14(20)12-8-7-9-13(12)19-16(4,5)6/h12-13,18-19H,7-11H2,1-6H3,(H,17,20)/t12-,13+/m1/s1. The van der Waals surface area contributed by atoms with E-state index in [0.29, 0.717) is 12.6 Å². The largest absolute Gasteiger partial charge is 0.355 e. The first kappa shape index (κ1) is 17.4. The van der Waals surface area contributed by atoms with Crippen molar-refractivity contribution in [1.82, 2.24) is 16.0 Å². The Hall–Kier alpha value is -0.610. The van der Waals surface area contributed by atoms with Crippen molar-refractivity contribution in [1.29, 1.82) is 0 Å². The molecule has 0 aromatic rings. The molecule has 1 fully saturated rings. The number of nitrogens with one attached hydrogen (secondary N) is 3. The van der Waals surface area contributed by atoms with Crippen molar-refractivity contribution in [2.75, 3.05) is 13.1 Å². The van der Waals surface area contributed by atoms with Gasteiger partial charge in [0, 0.05) is 30.2 Å². The highest BCUT2D eigenvalue weighted by atomic mass is 16.1. The Kier molecular flexibility index (Phi) is 6.02. The summed E-state index contributed by atoms with van der Waals surface area (Å²) >= 11 is 0. The average molecular weight is 283 g/mol. The summed E-state index contributed by atoms with van der Waals surface area (Å²) in [5, 5.41) is 10.0. The smallest absolute Gasteiger partial charge is 0.224 e. The van der Waals surface area contributed by atoms with Crippen LogP contribution in [0.3, 0.4) is 0 Å². The zero-order valence-corrected chi connectivity index (χ0v) is 14.1. The Balaban J connectivity index is 2.35. The topological polar surface area (TPSA) is 53.2 Å². The quantitative estimate of drug-likeness (QED) is 0.677. The molecule has 0 unspecified atom stereocenters. The first-order valence-electron chi connectivity index (χ1n) is 7.89. The molecule has 0 heterocycles. The van der Waals surface area contributed by atoms with Crippen molar-refractivity contribution in [3.05, 3.63) is 0 Å². The third kappa shape index (κ3) is 6.71. The molecule has 1 rings (SSSR count). The van der Waals surface area contributed by atoms with Gasteiger partial charge in [-0.3, -0.25) is 4.79 Å². The van der Waals surface area contributed by atoms with E-state index >= 15 is 0 Å². The van der Waals surface area contributed by atoms with Crippen LogP contribution < -0.4 is 16.0 Å². The van der Waals surface area contributed by atoms with Crippen LogP contribution in [-0.4, -0.2) is 36.1 Å². The van der Waals surface area contributed by atoms with Gasteiger partial charge in [0.1, 0.15) is 0 Å². The van der Waals surface area contributed by atoms with Crippen molar-refractivity contribution >= 4 is 5.91 Å². The van der Waals surface area contributed by atoms with Crippen LogP contribution in [0.25, 0.3) is 0 Å². The van der Waals surface area contributed by atoms with E-state index in [4.69, 9.17) is 0 Å². The number of carbonyl (C=O) groups is 1. The van der Waals surface area contributed by atoms with Crippen molar-refractivity contribution < 1.29 is 4.79 Å². The van der Waals surface area contributed by atoms with E-state index in [-0.39, 0.29) is 22.9 Å². The molecule has 4 heteroatoms. The minimum atomic E-state index is 0.0708. The molecule has 0 aliphatic heterocycles. The van der Waals surface area contributed by atoms with Gasteiger partial charge < -0.3 is 16.0 Å². The fraction of sp³-hybridized carbons (Fsp3) is 0.938. The van der Waals surface area contributed by atoms with Gasteiger partial charge in [-0.1, -0.05) is 6.42 Å². The number of rotatable bonds is 5. The second kappa shape index (κ2) is 6.90. The van der Waals surface area contributed by atoms with Gasteiger partial charge in [0.25, 0.3) is 0 Å². The third-order valence-electron chi connectivity index (χ3n) is 3.55. The van der Waals surface area contributed by atoms with Crippen LogP contribution in [0.1, 0.15) is 60.8 Å². The van der Waals surface area contributed by atoms with Gasteiger partial charge in [0.05, 0.1) is 5.92 Å². The van der Waals surface area contributed by atoms with E-state index in [0.717, 1.165) is 25.8 Å². The first-order valence-corrected chi connectivity index (χ1v) is 7.89. The number of carbonyl (C=O) groups excluding carboxylic acids is 1. The van der Waals surface area contributed by atoms with Crippen LogP contribution >= 0.6 is 0 Å². The molecule has 0 aromatic carbocycles. The van der Waals surface area contributed by atoms with E-state index < -0.39 is 0 Å². The molecule has 0 saturated heterocycles. The van der Waals surface area contributed by atoms with E-state index in [2.05, 4.69) is 57.5 Å². The van der Waals surface area contributed by atoms with Crippen LogP contribution in [0.5, 0.6) is 0 Å². The third-order valence-corrected chi connectivity index (χ3v) is 3.55. The van der Waals surface area contributed by atoms with E-state index in [1.807, 2.05) is 0 Å². The summed E-state index contributed by atoms with van der Waals surface area (Å²) in [6, 6.07) is 0.325. The zero-order valence-electron chi connectivity index (χ0n) is 14.1. The molecule has 0 spiro atoms. The molecule has 3 N–H and O–H groups in total. The van der Waals surface area contributed by atoms with E-state index in [1.54, 1.807) is 0 Å². The van der Waals surface area contributed by atoms with Gasteiger partial charge in [0.2, 0.25) is 5.91 Å². The molecule has 1 aliphatic carbocycles. The Morgan fingerprint density at radius 3 is 2.20 bits per heavy atom. The fourth-order valence-corrected chi connectivity index (χ4v) is 2.76. The zero-order chi connectivity index (χ0) is 15.4. The predicted octanol–water partition coefficient (Wildman–Crippen LogP) is 2.05. The summed E-state index contributed by atoms with van der Waals surface area (Å²) in [5.41, 5.74) is 0.176. The monoisotopic (exact) mass is 283 g/mol. The van der Waals surface area contributed by atoms with Gasteiger partial charge in [-0.05, 0) is 54.4 Å². The normalized spacial score (nSPS) is 23.9. The van der Waals surface area contributed by atoms with Crippen molar-refractivity contribution in [2.24, 2.45) is 5.92 Å². The summed E-state index contributed by atoms with van der Waals surface area (Å²) in [7, 11) is 0. The Labute approximate surface area is 124 Å². The summed E-state index contributed by atoms with van der Waals surface area (Å²) in [6.45, 7) is 14.4. The lowest BCUT2D eigenvalue weighted by molar-refractivity contribution is -0.125. The summed E-state index contributed by atoms with van der Waals surface area (Å²) in [4.78, 5) is 12.3. The Bertz CT molecular complexity index is 315. The second-order valence-corrected chi connectivity index (χ2v) is 8.01. The maximum absolute atomic E-state index is 12.3. The molecule has 1 saturated carbocycles. The highest BCUT2D eigenvalue weighted by Crippen LogP contribution is 2.27. The van der Waals surface area contributed by atoms with Crippen LogP contribution in [-0.2, 0) is 4.79 Å². The molecular weight excluding hydrogens is 250 g/mol. The minimum absolute atomic E-state index is 0.0708. The fourth-order valence-electron chi connectivity index (χ4n) is 2.76. The van der Waals surface area contributed by atoms with Gasteiger partial charge in [-0.25, -0.2) is 0 Å². The lowest BCUT2D eigenvalue weighted by Crippen LogP contribution is -2.50. The molecular formula is C16H33N3O. The van der Waals surface area contributed by atoms with Crippen molar-refractivity contribution in [2.45, 2.75) is 77.9 Å². The van der Waals surface area contributed by atoms with Gasteiger partial charge >= 0.3 is 0 Å². The predicted molar refractivity (Wildman–Crippen MR) is 84.8 cm³/mol. The lowest BCUT2D eigenvalue weighted by Gasteiger charge is -2.29. The molecule has 1 amide bonds. The maximum atomic E-state index is 12.3. The molecule has 2 atom stereocenters. The molecule has 4 nitrogen and oxygen atoms in total. The lowest BCUT2D eigenvalue weighted by atomic mass is 9.98. The molecule has 0 aromatic heterocycles. The SMILES string of the molecule is CC(C)(C)NCCNC(=O)[C@@H]1CCC[C@@H]1NC(C)(C)C. The van der Waals surface area contributed by atoms with E-state index in [9.17, 15) is 4.79 Å². The van der Waals surface area contributed by atoms with Crippen LogP contribution in [0.2, 0.25) is 0 Å². The van der Waals surface area contributed by atoms with Gasteiger partial charge in [-0.2, -0.15) is 0 Å². The molecule has 0 bridgehead atoms. The highest BCUT2D eigenvalue weighted by molar-refractivity contribution is 5.79. The highest BCUT2D eigenvalue weighted by Gasteiger charge is 2.34. The summed E-state index contributed by atoms with van der Waals surface area (Å²) < 4.78 is 0. The molecule has 0 radical (unpaired) electrons. The number of amides is 1. The Morgan fingerprint density at radius 2 is 1.65 bits per heavy atom. The summed E-state index contributed by atoms with van der Waals surface area (Å²) in [5.74, 6) is 0.337. The van der Waals surface area contributed by atoms with Crippen molar-refractivity contribution in [3.63, 3.8) is 0 Å². The van der Waals surface area contributed by atoms with Crippen molar-refractivity contribution in [3.8, 4) is 0 Å². The number of hydrogen-bond acceptors (Lipinski definition) is 3. The van der Waals surface area contributed by atoms with Crippen LogP contribution in [0.15, 0.2) is 0 Å². The molecule has 20 heavy (non-hydrogen) atoms. The van der Waals surface area contributed by atoms with E-state index in [1.165, 1.54) is 0 Å². The second-order valence-electron chi connectivity index (χ2n) is 8.01. The van der Waals surface area contributed by atoms with Crippen LogP contribution in [0, 0.1) is 5.92 Å². The van der Waals surface area contributed by atoms with Gasteiger partial charge in [0.15, 0.2) is 0 Å². The maximum Gasteiger partial charge on any atom is 0.224 e. The number of hydrogen-bond donors (Lipinski definition) is 3. The summed E-state index contributed by atoms with van der Waals surface area (Å²) in [6.07, 6.45) is 3.26. The minimum Gasteiger partial charge on any atom is -0.355 e. The van der Waals surface area contributed by atoms with Crippen LogP contribution in [0.4, 0.5) is 0 Å². The van der Waals surface area contributed by atoms with Gasteiger partial charge in [-0.15, -0.1) is 0 Å². The molecule has 1 aliphatic rings. The molecule has 118 valence electrons. The average Bonchev–Trinajstić information content (AvgIpc) is 2.68. The first-order chi connectivity index (χ1) is 9.08. The Morgan fingerprint density at radius 1 is 1.00 bits per heavy atom.